The van der Waals surface area contributed by atoms with Gasteiger partial charge in [0.1, 0.15) is 16.4 Å². The summed E-state index contributed by atoms with van der Waals surface area (Å²) in [7, 11) is -3.95. The van der Waals surface area contributed by atoms with E-state index in [0.717, 1.165) is 16.7 Å². The Labute approximate surface area is 131 Å². The van der Waals surface area contributed by atoms with Gasteiger partial charge in [-0.1, -0.05) is 18.2 Å². The van der Waals surface area contributed by atoms with E-state index in [1.807, 2.05) is 45.9 Å². The van der Waals surface area contributed by atoms with Gasteiger partial charge < -0.3 is 8.92 Å². The van der Waals surface area contributed by atoms with Crippen molar-refractivity contribution in [3.05, 3.63) is 53.1 Å². The summed E-state index contributed by atoms with van der Waals surface area (Å²) in [6.07, 6.45) is 0. The van der Waals surface area contributed by atoms with Crippen molar-refractivity contribution < 1.29 is 17.3 Å². The second kappa shape index (κ2) is 6.40. The predicted molar refractivity (Wildman–Crippen MR) is 86.1 cm³/mol. The van der Waals surface area contributed by atoms with Crippen LogP contribution in [-0.4, -0.2) is 15.0 Å². The molecule has 0 aliphatic carbocycles. The third kappa shape index (κ3) is 3.60. The van der Waals surface area contributed by atoms with Gasteiger partial charge in [0.25, 0.3) is 0 Å². The first-order valence-electron chi connectivity index (χ1n) is 7.08. The van der Waals surface area contributed by atoms with Crippen LogP contribution in [-0.2, 0) is 10.1 Å². The zero-order valence-corrected chi connectivity index (χ0v) is 14.0. The Morgan fingerprint density at radius 1 is 0.909 bits per heavy atom. The van der Waals surface area contributed by atoms with Gasteiger partial charge in [-0.05, 0) is 62.6 Å². The van der Waals surface area contributed by atoms with Crippen molar-refractivity contribution in [2.45, 2.75) is 32.6 Å². The molecule has 2 aromatic rings. The minimum absolute atomic E-state index is 0.0512. The topological polar surface area (TPSA) is 52.6 Å². The molecule has 0 aliphatic rings. The largest absolute Gasteiger partial charge is 0.492 e. The van der Waals surface area contributed by atoms with Crippen molar-refractivity contribution in [2.75, 3.05) is 6.61 Å². The lowest BCUT2D eigenvalue weighted by atomic mass is 10.1. The monoisotopic (exact) mass is 320 g/mol. The Balaban J connectivity index is 2.46. The number of aryl methyl sites for hydroxylation is 3. The molecular formula is C17H20O4S. The predicted octanol–water partition coefficient (Wildman–Crippen LogP) is 3.78. The van der Waals surface area contributed by atoms with Gasteiger partial charge in [-0.25, -0.2) is 0 Å². The van der Waals surface area contributed by atoms with Gasteiger partial charge in [0.15, 0.2) is 0 Å². The molecular weight excluding hydrogens is 300 g/mol. The Bertz CT molecular complexity index is 779. The first-order valence-corrected chi connectivity index (χ1v) is 8.49. The fraction of sp³-hybridized carbons (Fsp3) is 0.294. The van der Waals surface area contributed by atoms with Crippen LogP contribution >= 0.6 is 0 Å². The Morgan fingerprint density at radius 3 is 2.23 bits per heavy atom. The fourth-order valence-corrected chi connectivity index (χ4v) is 3.25. The molecule has 2 aromatic carbocycles. The number of ether oxygens (including phenoxy) is 1. The molecule has 118 valence electrons. The minimum atomic E-state index is -3.95. The molecule has 0 spiro atoms. The van der Waals surface area contributed by atoms with Gasteiger partial charge in [0, 0.05) is 0 Å². The van der Waals surface area contributed by atoms with Crippen molar-refractivity contribution in [3.8, 4) is 11.5 Å². The molecule has 0 heterocycles. The summed E-state index contributed by atoms with van der Waals surface area (Å²) in [5.74, 6) is 0.641. The standard InChI is InChI=1S/C17H20O4S/c1-5-20-15-9-7-13(3)11-17(15)22(18,19)21-16-10-12(2)6-8-14(16)4/h6-11H,5H2,1-4H3. The van der Waals surface area contributed by atoms with Crippen LogP contribution < -0.4 is 8.92 Å². The summed E-state index contributed by atoms with van der Waals surface area (Å²) in [6.45, 7) is 7.71. The minimum Gasteiger partial charge on any atom is -0.492 e. The molecule has 0 amide bonds. The van der Waals surface area contributed by atoms with Crippen molar-refractivity contribution >= 4 is 10.1 Å². The zero-order chi connectivity index (χ0) is 16.3. The average molecular weight is 320 g/mol. The summed E-state index contributed by atoms with van der Waals surface area (Å²) >= 11 is 0. The maximum Gasteiger partial charge on any atom is 0.342 e. The van der Waals surface area contributed by atoms with Crippen molar-refractivity contribution in [1.29, 1.82) is 0 Å². The smallest absolute Gasteiger partial charge is 0.342 e. The second-order valence-electron chi connectivity index (χ2n) is 5.19. The molecule has 0 fully saturated rings. The average Bonchev–Trinajstić information content (AvgIpc) is 2.45. The molecule has 0 radical (unpaired) electrons. The molecule has 0 atom stereocenters. The van der Waals surface area contributed by atoms with Gasteiger partial charge in [0.2, 0.25) is 0 Å². The highest BCUT2D eigenvalue weighted by atomic mass is 32.2. The van der Waals surface area contributed by atoms with Crippen LogP contribution in [0.5, 0.6) is 11.5 Å². The Kier molecular flexibility index (Phi) is 4.76. The van der Waals surface area contributed by atoms with E-state index >= 15 is 0 Å². The Hall–Kier alpha value is -2.01. The normalized spacial score (nSPS) is 11.3. The molecule has 4 nitrogen and oxygen atoms in total. The van der Waals surface area contributed by atoms with Crippen LogP contribution in [0.15, 0.2) is 41.3 Å². The van der Waals surface area contributed by atoms with Gasteiger partial charge in [-0.2, -0.15) is 8.42 Å². The first kappa shape index (κ1) is 16.4. The molecule has 5 heteroatoms. The molecule has 0 bridgehead atoms. The lowest BCUT2D eigenvalue weighted by Gasteiger charge is -2.14. The van der Waals surface area contributed by atoms with Crippen LogP contribution in [0, 0.1) is 20.8 Å². The van der Waals surface area contributed by atoms with Crippen LogP contribution in [0.25, 0.3) is 0 Å². The maximum atomic E-state index is 12.6. The van der Waals surface area contributed by atoms with E-state index in [-0.39, 0.29) is 4.90 Å². The van der Waals surface area contributed by atoms with Crippen LogP contribution in [0.1, 0.15) is 23.6 Å². The fourth-order valence-electron chi connectivity index (χ4n) is 2.05. The van der Waals surface area contributed by atoms with Crippen molar-refractivity contribution in [1.82, 2.24) is 0 Å². The number of benzene rings is 2. The molecule has 0 unspecified atom stereocenters. The van der Waals surface area contributed by atoms with Gasteiger partial charge in [-0.3, -0.25) is 0 Å². The number of hydrogen-bond acceptors (Lipinski definition) is 4. The summed E-state index contributed by atoms with van der Waals surface area (Å²) < 4.78 is 36.0. The summed E-state index contributed by atoms with van der Waals surface area (Å²) in [4.78, 5) is 0.0512. The number of rotatable bonds is 5. The summed E-state index contributed by atoms with van der Waals surface area (Å²) in [5, 5.41) is 0. The first-order chi connectivity index (χ1) is 10.3. The van der Waals surface area contributed by atoms with E-state index < -0.39 is 10.1 Å². The Morgan fingerprint density at radius 2 is 1.55 bits per heavy atom. The van der Waals surface area contributed by atoms with E-state index in [2.05, 4.69) is 0 Å². The van der Waals surface area contributed by atoms with Crippen molar-refractivity contribution in [3.63, 3.8) is 0 Å². The molecule has 0 saturated heterocycles. The molecule has 0 aromatic heterocycles. The maximum absolute atomic E-state index is 12.6. The SMILES string of the molecule is CCOc1ccc(C)cc1S(=O)(=O)Oc1cc(C)ccc1C. The highest BCUT2D eigenvalue weighted by molar-refractivity contribution is 7.87. The second-order valence-corrected chi connectivity index (χ2v) is 6.70. The molecule has 0 aliphatic heterocycles. The third-order valence-electron chi connectivity index (χ3n) is 3.21. The third-order valence-corrected chi connectivity index (χ3v) is 4.47. The summed E-state index contributed by atoms with van der Waals surface area (Å²) in [5.41, 5.74) is 2.52. The van der Waals surface area contributed by atoms with Gasteiger partial charge in [-0.15, -0.1) is 0 Å². The van der Waals surface area contributed by atoms with E-state index in [1.54, 1.807) is 18.2 Å². The van der Waals surface area contributed by atoms with Gasteiger partial charge in [0.05, 0.1) is 6.61 Å². The van der Waals surface area contributed by atoms with E-state index in [4.69, 9.17) is 8.92 Å². The van der Waals surface area contributed by atoms with Crippen LogP contribution in [0.4, 0.5) is 0 Å². The molecule has 0 saturated carbocycles. The van der Waals surface area contributed by atoms with Gasteiger partial charge >= 0.3 is 10.1 Å². The number of hydrogen-bond donors (Lipinski definition) is 0. The van der Waals surface area contributed by atoms with E-state index in [1.165, 1.54) is 0 Å². The highest BCUT2D eigenvalue weighted by Crippen LogP contribution is 2.29. The van der Waals surface area contributed by atoms with Crippen LogP contribution in [0.3, 0.4) is 0 Å². The zero-order valence-electron chi connectivity index (χ0n) is 13.2. The molecule has 22 heavy (non-hydrogen) atoms. The van der Waals surface area contributed by atoms with Crippen LogP contribution in [0.2, 0.25) is 0 Å². The van der Waals surface area contributed by atoms with E-state index in [9.17, 15) is 8.42 Å². The summed E-state index contributed by atoms with van der Waals surface area (Å²) in [6, 6.07) is 10.5. The quantitative estimate of drug-likeness (QED) is 0.787. The highest BCUT2D eigenvalue weighted by Gasteiger charge is 2.23. The van der Waals surface area contributed by atoms with Crippen molar-refractivity contribution in [2.24, 2.45) is 0 Å². The molecule has 2 rings (SSSR count). The lowest BCUT2D eigenvalue weighted by molar-refractivity contribution is 0.329. The molecule has 0 N–H and O–H groups in total. The lowest BCUT2D eigenvalue weighted by Crippen LogP contribution is -2.13. The van der Waals surface area contributed by atoms with E-state index in [0.29, 0.717) is 18.1 Å².